The van der Waals surface area contributed by atoms with Gasteiger partial charge in [0, 0.05) is 0 Å². The summed E-state index contributed by atoms with van der Waals surface area (Å²) in [7, 11) is 1.60. The highest BCUT2D eigenvalue weighted by atomic mass is 16.7. The van der Waals surface area contributed by atoms with E-state index >= 15 is 0 Å². The van der Waals surface area contributed by atoms with Gasteiger partial charge in [-0.15, -0.1) is 0 Å². The Balaban J connectivity index is 1.77. The van der Waals surface area contributed by atoms with Crippen molar-refractivity contribution < 1.29 is 24.1 Å². The molecule has 2 saturated carbocycles. The molecular formula is C19H23NO5. The molecule has 2 aliphatic carbocycles. The average molecular weight is 345 g/mol. The Kier molecular flexibility index (Phi) is 5.03. The Morgan fingerprint density at radius 3 is 2.56 bits per heavy atom. The number of nitrogens with zero attached hydrogens (tertiary/aromatic N) is 1. The molecule has 0 amide bonds. The molecule has 1 aromatic rings. The van der Waals surface area contributed by atoms with Crippen LogP contribution in [0, 0.1) is 17.2 Å². The molecule has 0 bridgehead atoms. The quantitative estimate of drug-likeness (QED) is 0.787. The molecular weight excluding hydrogens is 322 g/mol. The lowest BCUT2D eigenvalue weighted by molar-refractivity contribution is 0.0286. The SMILES string of the molecule is COc1ccc(C2(C#N)CCC(OC(=O)O)CC2)cc1OCC1CC1. The van der Waals surface area contributed by atoms with Crippen molar-refractivity contribution in [2.45, 2.75) is 50.0 Å². The van der Waals surface area contributed by atoms with Gasteiger partial charge in [-0.3, -0.25) is 0 Å². The number of methoxy groups -OCH3 is 1. The van der Waals surface area contributed by atoms with Gasteiger partial charge in [-0.1, -0.05) is 6.07 Å². The molecule has 0 spiro atoms. The van der Waals surface area contributed by atoms with E-state index in [-0.39, 0.29) is 6.10 Å². The highest BCUT2D eigenvalue weighted by molar-refractivity contribution is 5.57. The Labute approximate surface area is 147 Å². The summed E-state index contributed by atoms with van der Waals surface area (Å²) in [5.74, 6) is 1.97. The van der Waals surface area contributed by atoms with Crippen molar-refractivity contribution in [3.05, 3.63) is 23.8 Å². The van der Waals surface area contributed by atoms with E-state index in [0.29, 0.717) is 49.7 Å². The van der Waals surface area contributed by atoms with Crippen LogP contribution in [-0.4, -0.2) is 31.1 Å². The number of hydrogen-bond donors (Lipinski definition) is 1. The number of benzene rings is 1. The van der Waals surface area contributed by atoms with E-state index in [4.69, 9.17) is 19.3 Å². The van der Waals surface area contributed by atoms with Gasteiger partial charge in [0.25, 0.3) is 0 Å². The highest BCUT2D eigenvalue weighted by Gasteiger charge is 2.39. The van der Waals surface area contributed by atoms with Crippen LogP contribution in [-0.2, 0) is 10.2 Å². The third-order valence-corrected chi connectivity index (χ3v) is 5.16. The lowest BCUT2D eigenvalue weighted by Crippen LogP contribution is -2.34. The van der Waals surface area contributed by atoms with Crippen LogP contribution in [0.2, 0.25) is 0 Å². The number of carboxylic acid groups (broad SMARTS) is 1. The van der Waals surface area contributed by atoms with E-state index in [1.54, 1.807) is 7.11 Å². The molecule has 25 heavy (non-hydrogen) atoms. The van der Waals surface area contributed by atoms with Crippen LogP contribution < -0.4 is 9.47 Å². The fourth-order valence-corrected chi connectivity index (χ4v) is 3.39. The van der Waals surface area contributed by atoms with E-state index in [9.17, 15) is 10.1 Å². The number of hydrogen-bond acceptors (Lipinski definition) is 5. The van der Waals surface area contributed by atoms with Crippen LogP contribution in [0.25, 0.3) is 0 Å². The molecule has 2 aliphatic rings. The summed E-state index contributed by atoms with van der Waals surface area (Å²) >= 11 is 0. The van der Waals surface area contributed by atoms with Crippen molar-refractivity contribution in [3.63, 3.8) is 0 Å². The first kappa shape index (κ1) is 17.4. The van der Waals surface area contributed by atoms with Crippen molar-refractivity contribution in [3.8, 4) is 17.6 Å². The molecule has 0 heterocycles. The Bertz CT molecular complexity index is 669. The zero-order valence-corrected chi connectivity index (χ0v) is 14.4. The number of ether oxygens (including phenoxy) is 3. The lowest BCUT2D eigenvalue weighted by atomic mass is 9.69. The molecule has 2 fully saturated rings. The molecule has 1 N–H and O–H groups in total. The minimum Gasteiger partial charge on any atom is -0.493 e. The molecule has 0 atom stereocenters. The van der Waals surface area contributed by atoms with Crippen LogP contribution in [0.15, 0.2) is 18.2 Å². The summed E-state index contributed by atoms with van der Waals surface area (Å²) in [6, 6.07) is 8.11. The Morgan fingerprint density at radius 2 is 2.00 bits per heavy atom. The van der Waals surface area contributed by atoms with Crippen LogP contribution >= 0.6 is 0 Å². The van der Waals surface area contributed by atoms with Gasteiger partial charge < -0.3 is 19.3 Å². The molecule has 1 aromatic carbocycles. The first-order valence-corrected chi connectivity index (χ1v) is 8.68. The van der Waals surface area contributed by atoms with E-state index < -0.39 is 11.6 Å². The summed E-state index contributed by atoms with van der Waals surface area (Å²) in [5, 5.41) is 18.6. The Morgan fingerprint density at radius 1 is 1.28 bits per heavy atom. The largest absolute Gasteiger partial charge is 0.506 e. The van der Waals surface area contributed by atoms with Crippen molar-refractivity contribution in [2.75, 3.05) is 13.7 Å². The van der Waals surface area contributed by atoms with Gasteiger partial charge in [0.1, 0.15) is 6.10 Å². The normalized spacial score (nSPS) is 25.7. The molecule has 6 nitrogen and oxygen atoms in total. The van der Waals surface area contributed by atoms with Crippen LogP contribution in [0.4, 0.5) is 4.79 Å². The minimum atomic E-state index is -1.25. The number of carbonyl (C=O) groups is 1. The summed E-state index contributed by atoms with van der Waals surface area (Å²) in [4.78, 5) is 10.7. The second-order valence-electron chi connectivity index (χ2n) is 6.90. The van der Waals surface area contributed by atoms with Crippen LogP contribution in [0.3, 0.4) is 0 Å². The predicted molar refractivity (Wildman–Crippen MR) is 89.9 cm³/mol. The molecule has 0 aliphatic heterocycles. The Hall–Kier alpha value is -2.42. The van der Waals surface area contributed by atoms with E-state index in [1.807, 2.05) is 18.2 Å². The number of rotatable bonds is 6. The fourth-order valence-electron chi connectivity index (χ4n) is 3.39. The van der Waals surface area contributed by atoms with E-state index in [1.165, 1.54) is 12.8 Å². The van der Waals surface area contributed by atoms with E-state index in [0.717, 1.165) is 5.56 Å². The van der Waals surface area contributed by atoms with Gasteiger partial charge in [-0.25, -0.2) is 4.79 Å². The maximum Gasteiger partial charge on any atom is 0.506 e. The highest BCUT2D eigenvalue weighted by Crippen LogP contribution is 2.43. The first-order valence-electron chi connectivity index (χ1n) is 8.68. The predicted octanol–water partition coefficient (Wildman–Crippen LogP) is 3.88. The molecule has 0 unspecified atom stereocenters. The van der Waals surface area contributed by atoms with Gasteiger partial charge in [-0.05, 0) is 62.1 Å². The standard InChI is InChI=1S/C19H23NO5/c1-23-16-5-4-14(10-17(16)24-11-13-2-3-13)19(12-20)8-6-15(7-9-19)25-18(21)22/h4-5,10,13,15H,2-3,6-9,11H2,1H3,(H,21,22). The van der Waals surface area contributed by atoms with Crippen molar-refractivity contribution >= 4 is 6.16 Å². The third kappa shape index (κ3) is 3.98. The van der Waals surface area contributed by atoms with Gasteiger partial charge in [-0.2, -0.15) is 5.26 Å². The molecule has 0 radical (unpaired) electrons. The summed E-state index contributed by atoms with van der Waals surface area (Å²) in [6.45, 7) is 0.674. The second-order valence-corrected chi connectivity index (χ2v) is 6.90. The van der Waals surface area contributed by atoms with Gasteiger partial charge >= 0.3 is 6.16 Å². The second kappa shape index (κ2) is 7.22. The molecule has 6 heteroatoms. The van der Waals surface area contributed by atoms with Gasteiger partial charge in [0.05, 0.1) is 25.2 Å². The first-order chi connectivity index (χ1) is 12.1. The topological polar surface area (TPSA) is 88.8 Å². The van der Waals surface area contributed by atoms with Gasteiger partial charge in [0.2, 0.25) is 0 Å². The van der Waals surface area contributed by atoms with Crippen molar-refractivity contribution in [1.82, 2.24) is 0 Å². The van der Waals surface area contributed by atoms with Crippen LogP contribution in [0.5, 0.6) is 11.5 Å². The maximum atomic E-state index is 10.7. The lowest BCUT2D eigenvalue weighted by Gasteiger charge is -2.34. The smallest absolute Gasteiger partial charge is 0.493 e. The fraction of sp³-hybridized carbons (Fsp3) is 0.579. The molecule has 3 rings (SSSR count). The minimum absolute atomic E-state index is 0.331. The molecule has 134 valence electrons. The zero-order chi connectivity index (χ0) is 17.9. The summed E-state index contributed by atoms with van der Waals surface area (Å²) in [5.41, 5.74) is 0.262. The summed E-state index contributed by atoms with van der Waals surface area (Å²) in [6.07, 6.45) is 3.04. The van der Waals surface area contributed by atoms with Crippen LogP contribution in [0.1, 0.15) is 44.1 Å². The van der Waals surface area contributed by atoms with Crippen molar-refractivity contribution in [2.24, 2.45) is 5.92 Å². The molecule has 0 aromatic heterocycles. The summed E-state index contributed by atoms with van der Waals surface area (Å²) < 4.78 is 16.1. The van der Waals surface area contributed by atoms with E-state index in [2.05, 4.69) is 6.07 Å². The zero-order valence-electron chi connectivity index (χ0n) is 14.4. The molecule has 0 saturated heterocycles. The van der Waals surface area contributed by atoms with Gasteiger partial charge in [0.15, 0.2) is 11.5 Å². The third-order valence-electron chi connectivity index (χ3n) is 5.16. The number of nitriles is 1. The average Bonchev–Trinajstić information content (AvgIpc) is 3.44. The maximum absolute atomic E-state index is 10.7. The van der Waals surface area contributed by atoms with Crippen molar-refractivity contribution in [1.29, 1.82) is 5.26 Å². The monoisotopic (exact) mass is 345 g/mol.